The van der Waals surface area contributed by atoms with Crippen LogP contribution in [0.2, 0.25) is 5.02 Å². The minimum atomic E-state index is 0.690. The summed E-state index contributed by atoms with van der Waals surface area (Å²) in [4.78, 5) is 0. The zero-order chi connectivity index (χ0) is 14.8. The molecule has 112 valence electrons. The molecule has 1 aliphatic rings. The zero-order valence-corrected chi connectivity index (χ0v) is 13.2. The number of nitrogens with zero attached hydrogens (tertiary/aromatic N) is 2. The molecule has 0 atom stereocenters. The first-order valence-corrected chi connectivity index (χ1v) is 8.10. The summed E-state index contributed by atoms with van der Waals surface area (Å²) in [7, 11) is 0. The SMILES string of the molecule is Cc1cc(-c2cnn(CC3CCCCC3)c2)c(Cl)cc1N. The lowest BCUT2D eigenvalue weighted by atomic mass is 9.89. The van der Waals surface area contributed by atoms with Crippen molar-refractivity contribution in [3.8, 4) is 11.1 Å². The van der Waals surface area contributed by atoms with Crippen molar-refractivity contribution in [2.24, 2.45) is 5.92 Å². The number of nitrogens with two attached hydrogens (primary N) is 1. The number of nitrogen functional groups attached to an aromatic ring is 1. The fraction of sp³-hybridized carbons (Fsp3) is 0.471. The molecule has 0 bridgehead atoms. The second-order valence-corrected chi connectivity index (χ2v) is 6.55. The number of hydrogen-bond donors (Lipinski definition) is 1. The third-order valence-electron chi connectivity index (χ3n) is 4.47. The fourth-order valence-corrected chi connectivity index (χ4v) is 3.44. The Labute approximate surface area is 131 Å². The first-order chi connectivity index (χ1) is 10.1. The van der Waals surface area contributed by atoms with Gasteiger partial charge >= 0.3 is 0 Å². The third-order valence-corrected chi connectivity index (χ3v) is 4.78. The van der Waals surface area contributed by atoms with Crippen LogP contribution in [-0.2, 0) is 6.54 Å². The van der Waals surface area contributed by atoms with Gasteiger partial charge in [0, 0.05) is 29.6 Å². The number of aromatic nitrogens is 2. The van der Waals surface area contributed by atoms with Crippen LogP contribution in [-0.4, -0.2) is 9.78 Å². The van der Waals surface area contributed by atoms with Gasteiger partial charge in [0.05, 0.1) is 11.2 Å². The number of anilines is 1. The van der Waals surface area contributed by atoms with Crippen LogP contribution in [0.15, 0.2) is 24.5 Å². The second-order valence-electron chi connectivity index (χ2n) is 6.14. The van der Waals surface area contributed by atoms with E-state index in [-0.39, 0.29) is 0 Å². The van der Waals surface area contributed by atoms with Gasteiger partial charge in [0.15, 0.2) is 0 Å². The minimum Gasteiger partial charge on any atom is -0.398 e. The Kier molecular flexibility index (Phi) is 4.20. The average molecular weight is 304 g/mol. The lowest BCUT2D eigenvalue weighted by Crippen LogP contribution is -2.14. The van der Waals surface area contributed by atoms with Crippen molar-refractivity contribution in [3.63, 3.8) is 0 Å². The summed E-state index contributed by atoms with van der Waals surface area (Å²) in [6.45, 7) is 3.02. The average Bonchev–Trinajstić information content (AvgIpc) is 2.92. The molecule has 0 saturated heterocycles. The Morgan fingerprint density at radius 2 is 2.05 bits per heavy atom. The van der Waals surface area contributed by atoms with Gasteiger partial charge in [-0.15, -0.1) is 0 Å². The van der Waals surface area contributed by atoms with Crippen LogP contribution in [0.5, 0.6) is 0 Å². The van der Waals surface area contributed by atoms with Crippen molar-refractivity contribution in [2.45, 2.75) is 45.6 Å². The van der Waals surface area contributed by atoms with E-state index in [2.05, 4.69) is 16.0 Å². The Bertz CT molecular complexity index is 627. The van der Waals surface area contributed by atoms with E-state index in [1.807, 2.05) is 25.3 Å². The Hall–Kier alpha value is -1.48. The topological polar surface area (TPSA) is 43.8 Å². The van der Waals surface area contributed by atoms with Crippen LogP contribution in [0, 0.1) is 12.8 Å². The van der Waals surface area contributed by atoms with Crippen LogP contribution in [0.4, 0.5) is 5.69 Å². The van der Waals surface area contributed by atoms with Crippen LogP contribution in [0.25, 0.3) is 11.1 Å². The maximum atomic E-state index is 6.32. The summed E-state index contributed by atoms with van der Waals surface area (Å²) in [5.74, 6) is 0.773. The van der Waals surface area contributed by atoms with Gasteiger partial charge in [-0.1, -0.05) is 30.9 Å². The number of halogens is 1. The Morgan fingerprint density at radius 1 is 1.29 bits per heavy atom. The van der Waals surface area contributed by atoms with E-state index in [1.54, 1.807) is 0 Å². The monoisotopic (exact) mass is 303 g/mol. The molecule has 2 aromatic rings. The molecule has 3 nitrogen and oxygen atoms in total. The standard InChI is InChI=1S/C17H22ClN3/c1-12-7-15(16(18)8-17(12)19)14-9-20-21(11-14)10-13-5-3-2-4-6-13/h7-9,11,13H,2-6,10,19H2,1H3. The molecule has 4 heteroatoms. The first-order valence-electron chi connectivity index (χ1n) is 7.72. The molecule has 3 rings (SSSR count). The van der Waals surface area contributed by atoms with E-state index in [0.717, 1.165) is 34.8 Å². The van der Waals surface area contributed by atoms with Crippen LogP contribution in [0.3, 0.4) is 0 Å². The van der Waals surface area contributed by atoms with Crippen molar-refractivity contribution in [1.29, 1.82) is 0 Å². The van der Waals surface area contributed by atoms with Crippen molar-refractivity contribution >= 4 is 17.3 Å². The summed E-state index contributed by atoms with van der Waals surface area (Å²) >= 11 is 6.32. The first kappa shape index (κ1) is 14.5. The van der Waals surface area contributed by atoms with Gasteiger partial charge in [-0.05, 0) is 43.4 Å². The van der Waals surface area contributed by atoms with E-state index >= 15 is 0 Å². The van der Waals surface area contributed by atoms with Crippen molar-refractivity contribution < 1.29 is 0 Å². The molecule has 21 heavy (non-hydrogen) atoms. The molecular weight excluding hydrogens is 282 g/mol. The lowest BCUT2D eigenvalue weighted by molar-refractivity contribution is 0.308. The zero-order valence-electron chi connectivity index (χ0n) is 12.5. The molecule has 0 aliphatic heterocycles. The van der Waals surface area contributed by atoms with E-state index in [0.29, 0.717) is 5.02 Å². The summed E-state index contributed by atoms with van der Waals surface area (Å²) in [5.41, 5.74) is 9.76. The fourth-order valence-electron chi connectivity index (χ4n) is 3.15. The second kappa shape index (κ2) is 6.10. The van der Waals surface area contributed by atoms with E-state index < -0.39 is 0 Å². The summed E-state index contributed by atoms with van der Waals surface area (Å²) in [5, 5.41) is 5.20. The number of benzene rings is 1. The summed E-state index contributed by atoms with van der Waals surface area (Å²) in [6, 6.07) is 3.87. The maximum absolute atomic E-state index is 6.32. The molecule has 0 unspecified atom stereocenters. The highest BCUT2D eigenvalue weighted by Gasteiger charge is 2.15. The smallest absolute Gasteiger partial charge is 0.0568 e. The third kappa shape index (κ3) is 3.24. The van der Waals surface area contributed by atoms with Gasteiger partial charge in [0.2, 0.25) is 0 Å². The highest BCUT2D eigenvalue weighted by Crippen LogP contribution is 2.32. The number of hydrogen-bond acceptors (Lipinski definition) is 2. The molecule has 1 saturated carbocycles. The van der Waals surface area contributed by atoms with Gasteiger partial charge in [0.1, 0.15) is 0 Å². The molecule has 0 amide bonds. The van der Waals surface area contributed by atoms with Crippen molar-refractivity contribution in [2.75, 3.05) is 5.73 Å². The number of aryl methyl sites for hydroxylation is 1. The maximum Gasteiger partial charge on any atom is 0.0568 e. The molecule has 1 fully saturated rings. The molecule has 1 aromatic carbocycles. The highest BCUT2D eigenvalue weighted by atomic mass is 35.5. The normalized spacial score (nSPS) is 16.3. The molecule has 0 radical (unpaired) electrons. The molecular formula is C17H22ClN3. The van der Waals surface area contributed by atoms with Gasteiger partial charge < -0.3 is 5.73 Å². The van der Waals surface area contributed by atoms with E-state index in [4.69, 9.17) is 17.3 Å². The predicted molar refractivity (Wildman–Crippen MR) is 88.4 cm³/mol. The van der Waals surface area contributed by atoms with Gasteiger partial charge in [-0.2, -0.15) is 5.10 Å². The van der Waals surface area contributed by atoms with Crippen molar-refractivity contribution in [3.05, 3.63) is 35.1 Å². The molecule has 2 N–H and O–H groups in total. The lowest BCUT2D eigenvalue weighted by Gasteiger charge is -2.21. The van der Waals surface area contributed by atoms with Gasteiger partial charge in [-0.3, -0.25) is 4.68 Å². The summed E-state index contributed by atoms with van der Waals surface area (Å²) in [6.07, 6.45) is 10.8. The number of rotatable bonds is 3. The van der Waals surface area contributed by atoms with E-state index in [9.17, 15) is 0 Å². The van der Waals surface area contributed by atoms with Crippen LogP contribution in [0.1, 0.15) is 37.7 Å². The van der Waals surface area contributed by atoms with Crippen LogP contribution >= 0.6 is 11.6 Å². The highest BCUT2D eigenvalue weighted by molar-refractivity contribution is 6.33. The summed E-state index contributed by atoms with van der Waals surface area (Å²) < 4.78 is 2.06. The molecule has 0 spiro atoms. The predicted octanol–water partition coefficient (Wildman–Crippen LogP) is 4.67. The van der Waals surface area contributed by atoms with E-state index in [1.165, 1.54) is 32.1 Å². The molecule has 1 aromatic heterocycles. The minimum absolute atomic E-state index is 0.690. The Balaban J connectivity index is 1.79. The molecule has 1 heterocycles. The largest absolute Gasteiger partial charge is 0.398 e. The van der Waals surface area contributed by atoms with Gasteiger partial charge in [0.25, 0.3) is 0 Å². The van der Waals surface area contributed by atoms with Crippen LogP contribution < -0.4 is 5.73 Å². The Morgan fingerprint density at radius 3 is 2.81 bits per heavy atom. The quantitative estimate of drug-likeness (QED) is 0.837. The van der Waals surface area contributed by atoms with Crippen molar-refractivity contribution in [1.82, 2.24) is 9.78 Å². The molecule has 1 aliphatic carbocycles. The van der Waals surface area contributed by atoms with Gasteiger partial charge in [-0.25, -0.2) is 0 Å².